The van der Waals surface area contributed by atoms with Crippen LogP contribution in [0.25, 0.3) is 0 Å². The first-order valence-corrected chi connectivity index (χ1v) is 12.9. The first-order chi connectivity index (χ1) is 14.8. The molecule has 0 aromatic carbocycles. The van der Waals surface area contributed by atoms with Crippen LogP contribution < -0.4 is 11.2 Å². The predicted octanol–water partition coefficient (Wildman–Crippen LogP) is 0.444. The summed E-state index contributed by atoms with van der Waals surface area (Å²) in [6, 6.07) is 0. The van der Waals surface area contributed by atoms with Crippen LogP contribution in [0.5, 0.6) is 0 Å². The minimum absolute atomic E-state index is 0.00961. The SMILES string of the molecule is COCCO[C@@H]1C(OP(=O)(O)C(C)C)[C@@H](/C=C/P(=O)(O)O)O[C@H]1n1cc(C)c(=O)[nH]c1=O. The highest BCUT2D eigenvalue weighted by Gasteiger charge is 2.50. The number of aryl methyl sites for hydroxylation is 1. The van der Waals surface area contributed by atoms with Crippen molar-refractivity contribution in [3.8, 4) is 0 Å². The molecule has 1 aromatic rings. The monoisotopic (exact) mass is 498 g/mol. The maximum atomic E-state index is 12.6. The predicted molar refractivity (Wildman–Crippen MR) is 113 cm³/mol. The smallest absolute Gasteiger partial charge is 0.348 e. The van der Waals surface area contributed by atoms with Crippen molar-refractivity contribution in [3.05, 3.63) is 44.5 Å². The summed E-state index contributed by atoms with van der Waals surface area (Å²) in [5.74, 6) is 0.571. The lowest BCUT2D eigenvalue weighted by atomic mass is 10.1. The number of methoxy groups -OCH3 is 1. The molecule has 15 heteroatoms. The van der Waals surface area contributed by atoms with E-state index in [-0.39, 0.29) is 18.8 Å². The molecule has 1 saturated heterocycles. The average molecular weight is 498 g/mol. The van der Waals surface area contributed by atoms with E-state index in [2.05, 4.69) is 4.98 Å². The first kappa shape index (κ1) is 26.8. The molecule has 0 aliphatic carbocycles. The number of nitrogens with one attached hydrogen (secondary N) is 1. The molecular formula is C17H28N2O11P2. The van der Waals surface area contributed by atoms with Gasteiger partial charge in [-0.1, -0.05) is 13.8 Å². The number of rotatable bonds is 10. The Morgan fingerprint density at radius 3 is 2.44 bits per heavy atom. The summed E-state index contributed by atoms with van der Waals surface area (Å²) in [5.41, 5.74) is -2.05. The molecule has 0 spiro atoms. The number of ether oxygens (including phenoxy) is 3. The summed E-state index contributed by atoms with van der Waals surface area (Å²) < 4.78 is 46.9. The van der Waals surface area contributed by atoms with Crippen LogP contribution in [0.3, 0.4) is 0 Å². The zero-order valence-electron chi connectivity index (χ0n) is 18.0. The zero-order chi connectivity index (χ0) is 24.3. The summed E-state index contributed by atoms with van der Waals surface area (Å²) >= 11 is 0. The van der Waals surface area contributed by atoms with Crippen molar-refractivity contribution >= 4 is 15.2 Å². The van der Waals surface area contributed by atoms with E-state index in [0.29, 0.717) is 5.82 Å². The summed E-state index contributed by atoms with van der Waals surface area (Å²) in [5, 5.41) is 0. The average Bonchev–Trinajstić information content (AvgIpc) is 2.99. The molecule has 5 atom stereocenters. The molecule has 0 bridgehead atoms. The summed E-state index contributed by atoms with van der Waals surface area (Å²) in [6.45, 7) is 4.52. The normalized spacial score (nSPS) is 26.1. The van der Waals surface area contributed by atoms with E-state index in [9.17, 15) is 33.4 Å². The van der Waals surface area contributed by atoms with Gasteiger partial charge in [0.1, 0.15) is 18.3 Å². The largest absolute Gasteiger partial charge is 0.382 e. The standard InChI is InChI=1S/C17H28N2O11P2/c1-10(2)32(25,26)30-13-12(5-8-31(22,23)24)29-16(14(13)28-7-6-27-4)19-9-11(3)15(20)18-17(19)21/h5,8-10,12-14,16H,6-7H2,1-4H3,(H,25,26)(H,18,20,21)(H2,22,23,24)/b8-5+/t12-,13?,14-,16-/m1/s1. The van der Waals surface area contributed by atoms with E-state index in [0.717, 1.165) is 10.6 Å². The van der Waals surface area contributed by atoms with Crippen LogP contribution in [0.2, 0.25) is 0 Å². The molecule has 1 fully saturated rings. The molecule has 0 radical (unpaired) electrons. The third-order valence-electron chi connectivity index (χ3n) is 4.64. The van der Waals surface area contributed by atoms with Gasteiger partial charge in [0.25, 0.3) is 5.56 Å². The van der Waals surface area contributed by atoms with E-state index < -0.39 is 56.6 Å². The highest BCUT2D eigenvalue weighted by Crippen LogP contribution is 2.52. The van der Waals surface area contributed by atoms with Gasteiger partial charge in [-0.2, -0.15) is 0 Å². The van der Waals surface area contributed by atoms with Crippen molar-refractivity contribution in [3.63, 3.8) is 0 Å². The van der Waals surface area contributed by atoms with Crippen LogP contribution in [0, 0.1) is 6.92 Å². The summed E-state index contributed by atoms with van der Waals surface area (Å²) in [7, 11) is -7.37. The van der Waals surface area contributed by atoms with Gasteiger partial charge in [0.15, 0.2) is 6.23 Å². The highest BCUT2D eigenvalue weighted by molar-refractivity contribution is 7.55. The Hall–Kier alpha value is -1.40. The Labute approximate surface area is 183 Å². The third kappa shape index (κ3) is 6.80. The van der Waals surface area contributed by atoms with E-state index in [1.165, 1.54) is 34.1 Å². The molecular weight excluding hydrogens is 470 g/mol. The molecule has 13 nitrogen and oxygen atoms in total. The van der Waals surface area contributed by atoms with Gasteiger partial charge in [-0.25, -0.2) is 4.79 Å². The maximum Gasteiger partial charge on any atom is 0.348 e. The van der Waals surface area contributed by atoms with Crippen LogP contribution in [0.15, 0.2) is 27.7 Å². The van der Waals surface area contributed by atoms with E-state index in [1.54, 1.807) is 0 Å². The van der Waals surface area contributed by atoms with Crippen LogP contribution in [0.4, 0.5) is 0 Å². The summed E-state index contributed by atoms with van der Waals surface area (Å²) in [6.07, 6.45) is -2.79. The molecule has 1 aliphatic rings. The molecule has 1 aliphatic heterocycles. The highest BCUT2D eigenvalue weighted by atomic mass is 31.2. The number of hydrogen-bond donors (Lipinski definition) is 4. The molecule has 182 valence electrons. The second-order valence-corrected chi connectivity index (χ2v) is 11.3. The molecule has 1 aromatic heterocycles. The van der Waals surface area contributed by atoms with Crippen molar-refractivity contribution in [1.29, 1.82) is 0 Å². The van der Waals surface area contributed by atoms with E-state index in [4.69, 9.17) is 18.7 Å². The van der Waals surface area contributed by atoms with Gasteiger partial charge in [-0.3, -0.25) is 28.0 Å². The third-order valence-corrected chi connectivity index (χ3v) is 7.05. The second kappa shape index (κ2) is 10.7. The lowest BCUT2D eigenvalue weighted by molar-refractivity contribution is -0.0765. The van der Waals surface area contributed by atoms with Crippen LogP contribution in [-0.2, 0) is 27.9 Å². The lowest BCUT2D eigenvalue weighted by Gasteiger charge is -2.27. The number of nitrogens with zero attached hydrogens (tertiary/aromatic N) is 1. The van der Waals surface area contributed by atoms with Gasteiger partial charge in [-0.05, 0) is 13.0 Å². The molecule has 4 N–H and O–H groups in total. The van der Waals surface area contributed by atoms with Crippen LogP contribution in [0.1, 0.15) is 25.6 Å². The molecule has 32 heavy (non-hydrogen) atoms. The fourth-order valence-corrected chi connectivity index (χ4v) is 4.10. The Kier molecular flexibility index (Phi) is 8.97. The van der Waals surface area contributed by atoms with Crippen molar-refractivity contribution < 1.29 is 42.5 Å². The second-order valence-electron chi connectivity index (χ2n) is 7.46. The number of aromatic amines is 1. The molecule has 2 rings (SSSR count). The number of H-pyrrole nitrogens is 1. The van der Waals surface area contributed by atoms with Gasteiger partial charge < -0.3 is 28.9 Å². The quantitative estimate of drug-likeness (QED) is 0.259. The van der Waals surface area contributed by atoms with Crippen LogP contribution in [-0.4, -0.2) is 68.5 Å². The molecule has 0 amide bonds. The van der Waals surface area contributed by atoms with Gasteiger partial charge in [0, 0.05) is 24.7 Å². The van der Waals surface area contributed by atoms with E-state index in [1.807, 2.05) is 0 Å². The van der Waals surface area contributed by atoms with Gasteiger partial charge in [-0.15, -0.1) is 0 Å². The first-order valence-electron chi connectivity index (χ1n) is 9.60. The zero-order valence-corrected chi connectivity index (χ0v) is 19.8. The maximum absolute atomic E-state index is 12.6. The fourth-order valence-electron chi connectivity index (χ4n) is 2.88. The lowest BCUT2D eigenvalue weighted by Crippen LogP contribution is -2.41. The Morgan fingerprint density at radius 1 is 1.22 bits per heavy atom. The van der Waals surface area contributed by atoms with Crippen molar-refractivity contribution in [2.24, 2.45) is 0 Å². The number of aromatic nitrogens is 2. The molecule has 0 saturated carbocycles. The van der Waals surface area contributed by atoms with Crippen molar-refractivity contribution in [2.75, 3.05) is 20.3 Å². The minimum atomic E-state index is -4.60. The van der Waals surface area contributed by atoms with Crippen molar-refractivity contribution in [2.45, 2.75) is 51.0 Å². The Bertz CT molecular complexity index is 1030. The molecule has 2 unspecified atom stereocenters. The molecule has 2 heterocycles. The number of hydrogen-bond acceptors (Lipinski definition) is 8. The Balaban J connectivity index is 2.56. The fraction of sp³-hybridized carbons (Fsp3) is 0.647. The van der Waals surface area contributed by atoms with Gasteiger partial charge in [0.2, 0.25) is 0 Å². The van der Waals surface area contributed by atoms with Crippen molar-refractivity contribution in [1.82, 2.24) is 9.55 Å². The van der Waals surface area contributed by atoms with E-state index >= 15 is 0 Å². The van der Waals surface area contributed by atoms with Gasteiger partial charge in [0.05, 0.1) is 18.9 Å². The van der Waals surface area contributed by atoms with Gasteiger partial charge >= 0.3 is 20.9 Å². The van der Waals surface area contributed by atoms with Crippen LogP contribution >= 0.6 is 15.2 Å². The summed E-state index contributed by atoms with van der Waals surface area (Å²) in [4.78, 5) is 55.0. The minimum Gasteiger partial charge on any atom is -0.382 e. The Morgan fingerprint density at radius 2 is 1.88 bits per heavy atom. The topological polar surface area (TPSA) is 187 Å².